The average molecular weight is 252 g/mol. The van der Waals surface area contributed by atoms with E-state index < -0.39 is 11.2 Å². The molecule has 0 bridgehead atoms. The van der Waals surface area contributed by atoms with Crippen LogP contribution in [0.5, 0.6) is 0 Å². The third-order valence-electron chi connectivity index (χ3n) is 1.18. The van der Waals surface area contributed by atoms with Crippen molar-refractivity contribution < 1.29 is 9.18 Å². The Morgan fingerprint density at radius 3 is 2.83 bits per heavy atom. The summed E-state index contributed by atoms with van der Waals surface area (Å²) in [5, 5.41) is 1.32. The molecule has 1 amide bonds. The molecule has 1 N–H and O–H groups in total. The molecule has 0 saturated heterocycles. The van der Waals surface area contributed by atoms with Crippen LogP contribution in [-0.4, -0.2) is 5.37 Å². The molecule has 0 fully saturated rings. The Morgan fingerprint density at radius 2 is 2.25 bits per heavy atom. The molecule has 12 heavy (non-hydrogen) atoms. The first-order valence-corrected chi connectivity index (χ1v) is 4.19. The molecule has 0 saturated carbocycles. The van der Waals surface area contributed by atoms with E-state index in [1.807, 2.05) is 0 Å². The van der Waals surface area contributed by atoms with E-state index in [1.54, 1.807) is 6.07 Å². The molecular weight excluding hydrogens is 248 g/mol. The lowest BCUT2D eigenvalue weighted by atomic mass is 10.3. The fraction of sp³-hybridized carbons (Fsp3) is 0. The van der Waals surface area contributed by atoms with Crippen LogP contribution >= 0.6 is 27.5 Å². The summed E-state index contributed by atoms with van der Waals surface area (Å²) in [4.78, 5) is 10.3. The van der Waals surface area contributed by atoms with Crippen LogP contribution in [-0.2, 0) is 0 Å². The van der Waals surface area contributed by atoms with Gasteiger partial charge in [-0.25, -0.2) is 4.39 Å². The van der Waals surface area contributed by atoms with Gasteiger partial charge >= 0.3 is 5.37 Å². The number of carbonyl (C=O) groups is 1. The fourth-order valence-corrected chi connectivity index (χ4v) is 1.17. The Balaban J connectivity index is 3.00. The Kier molecular flexibility index (Phi) is 3.05. The van der Waals surface area contributed by atoms with Crippen molar-refractivity contribution in [1.29, 1.82) is 0 Å². The summed E-state index contributed by atoms with van der Waals surface area (Å²) in [7, 11) is 0. The number of nitrogens with one attached hydrogen (secondary N) is 1. The quantitative estimate of drug-likeness (QED) is 0.603. The molecule has 1 rings (SSSR count). The molecule has 5 heteroatoms. The molecule has 1 aromatic rings. The smallest absolute Gasteiger partial charge is 0.310 e. The van der Waals surface area contributed by atoms with Gasteiger partial charge in [-0.15, -0.1) is 0 Å². The third-order valence-corrected chi connectivity index (χ3v) is 1.89. The second-order valence-corrected chi connectivity index (χ2v) is 3.20. The number of halogens is 3. The van der Waals surface area contributed by atoms with Crippen molar-refractivity contribution in [2.45, 2.75) is 0 Å². The van der Waals surface area contributed by atoms with Crippen molar-refractivity contribution in [3.63, 3.8) is 0 Å². The van der Waals surface area contributed by atoms with Gasteiger partial charge in [0.15, 0.2) is 5.82 Å². The van der Waals surface area contributed by atoms with E-state index in [0.717, 1.165) is 0 Å². The van der Waals surface area contributed by atoms with Crippen molar-refractivity contribution in [1.82, 2.24) is 0 Å². The van der Waals surface area contributed by atoms with Crippen LogP contribution in [0.15, 0.2) is 22.7 Å². The minimum absolute atomic E-state index is 0.0596. The Labute approximate surface area is 81.8 Å². The topological polar surface area (TPSA) is 29.1 Å². The lowest BCUT2D eigenvalue weighted by molar-refractivity contribution is 0.269. The van der Waals surface area contributed by atoms with Gasteiger partial charge in [0.1, 0.15) is 0 Å². The predicted octanol–water partition coefficient (Wildman–Crippen LogP) is 3.36. The average Bonchev–Trinajstić information content (AvgIpc) is 1.98. The minimum Gasteiger partial charge on any atom is -0.310 e. The van der Waals surface area contributed by atoms with Crippen molar-refractivity contribution in [3.8, 4) is 0 Å². The maximum Gasteiger partial charge on any atom is 0.318 e. The third kappa shape index (κ3) is 2.19. The van der Waals surface area contributed by atoms with Gasteiger partial charge in [-0.2, -0.15) is 0 Å². The van der Waals surface area contributed by atoms with Crippen LogP contribution < -0.4 is 5.32 Å². The zero-order chi connectivity index (χ0) is 9.14. The van der Waals surface area contributed by atoms with Crippen molar-refractivity contribution in [3.05, 3.63) is 28.5 Å². The van der Waals surface area contributed by atoms with Gasteiger partial charge in [-0.05, 0) is 39.7 Å². The number of carbonyl (C=O) groups excluding carboxylic acids is 1. The van der Waals surface area contributed by atoms with Gasteiger partial charge in [0, 0.05) is 0 Å². The first kappa shape index (κ1) is 9.48. The summed E-state index contributed by atoms with van der Waals surface area (Å²) in [6.07, 6.45) is 0. The summed E-state index contributed by atoms with van der Waals surface area (Å²) in [5.74, 6) is -0.536. The number of hydrogen-bond donors (Lipinski definition) is 1. The lowest BCUT2D eigenvalue weighted by Gasteiger charge is -2.02. The van der Waals surface area contributed by atoms with Crippen LogP contribution in [0.1, 0.15) is 0 Å². The molecule has 0 radical (unpaired) electrons. The molecule has 0 unspecified atom stereocenters. The summed E-state index contributed by atoms with van der Waals surface area (Å²) in [6, 6.07) is 4.54. The number of hydrogen-bond acceptors (Lipinski definition) is 1. The second kappa shape index (κ2) is 3.87. The van der Waals surface area contributed by atoms with E-state index in [-0.39, 0.29) is 10.2 Å². The van der Waals surface area contributed by atoms with Crippen LogP contribution in [0, 0.1) is 5.82 Å². The molecule has 0 atom stereocenters. The number of anilines is 1. The van der Waals surface area contributed by atoms with Crippen molar-refractivity contribution >= 4 is 38.6 Å². The zero-order valence-electron chi connectivity index (χ0n) is 5.77. The summed E-state index contributed by atoms with van der Waals surface area (Å²) in [6.45, 7) is 0. The lowest BCUT2D eigenvalue weighted by Crippen LogP contribution is -2.03. The van der Waals surface area contributed by atoms with E-state index in [4.69, 9.17) is 11.6 Å². The molecule has 1 aromatic carbocycles. The highest BCUT2D eigenvalue weighted by atomic mass is 79.9. The van der Waals surface area contributed by atoms with E-state index in [1.165, 1.54) is 12.1 Å². The van der Waals surface area contributed by atoms with Gasteiger partial charge < -0.3 is 5.32 Å². The van der Waals surface area contributed by atoms with E-state index in [0.29, 0.717) is 0 Å². The molecule has 0 spiro atoms. The fourth-order valence-electron chi connectivity index (χ4n) is 0.706. The number of rotatable bonds is 1. The SMILES string of the molecule is O=C(Cl)Nc1cccc(Br)c1F. The van der Waals surface area contributed by atoms with Crippen molar-refractivity contribution in [2.24, 2.45) is 0 Å². The first-order chi connectivity index (χ1) is 5.61. The van der Waals surface area contributed by atoms with E-state index in [2.05, 4.69) is 21.2 Å². The second-order valence-electron chi connectivity index (χ2n) is 2.00. The Hall–Kier alpha value is -0.610. The maximum atomic E-state index is 13.0. The summed E-state index contributed by atoms with van der Waals surface area (Å²) < 4.78 is 13.3. The van der Waals surface area contributed by atoms with Gasteiger partial charge in [-0.3, -0.25) is 4.79 Å². The van der Waals surface area contributed by atoms with Crippen LogP contribution in [0.4, 0.5) is 14.9 Å². The standard InChI is InChI=1S/C7H4BrClFNO/c8-4-2-1-3-5(6(4)10)11-7(9)12/h1-3H,(H,11,12). The monoisotopic (exact) mass is 251 g/mol. The molecule has 0 aromatic heterocycles. The maximum absolute atomic E-state index is 13.0. The summed E-state index contributed by atoms with van der Waals surface area (Å²) >= 11 is 7.97. The van der Waals surface area contributed by atoms with Gasteiger partial charge in [-0.1, -0.05) is 6.07 Å². The highest BCUT2D eigenvalue weighted by molar-refractivity contribution is 9.10. The summed E-state index contributed by atoms with van der Waals surface area (Å²) in [5.41, 5.74) is 0.0596. The molecule has 0 heterocycles. The molecule has 0 aliphatic heterocycles. The Morgan fingerprint density at radius 1 is 1.58 bits per heavy atom. The predicted molar refractivity (Wildman–Crippen MR) is 49.0 cm³/mol. The molecule has 2 nitrogen and oxygen atoms in total. The van der Waals surface area contributed by atoms with Gasteiger partial charge in [0.05, 0.1) is 10.2 Å². The van der Waals surface area contributed by atoms with Crippen LogP contribution in [0.2, 0.25) is 0 Å². The first-order valence-electron chi connectivity index (χ1n) is 3.02. The molecule has 0 aliphatic carbocycles. The molecule has 0 aliphatic rings. The highest BCUT2D eigenvalue weighted by Crippen LogP contribution is 2.22. The highest BCUT2D eigenvalue weighted by Gasteiger charge is 2.06. The molecular formula is C7H4BrClFNO. The van der Waals surface area contributed by atoms with E-state index in [9.17, 15) is 9.18 Å². The number of benzene rings is 1. The zero-order valence-corrected chi connectivity index (χ0v) is 8.12. The normalized spacial score (nSPS) is 9.58. The van der Waals surface area contributed by atoms with E-state index >= 15 is 0 Å². The van der Waals surface area contributed by atoms with Crippen LogP contribution in [0.25, 0.3) is 0 Å². The largest absolute Gasteiger partial charge is 0.318 e. The number of amides is 1. The van der Waals surface area contributed by atoms with Crippen LogP contribution in [0.3, 0.4) is 0 Å². The molecule has 64 valence electrons. The Bertz CT molecular complexity index is 318. The van der Waals surface area contributed by atoms with Gasteiger partial charge in [0.2, 0.25) is 0 Å². The minimum atomic E-state index is -0.813. The van der Waals surface area contributed by atoms with Gasteiger partial charge in [0.25, 0.3) is 0 Å². The van der Waals surface area contributed by atoms with Crippen molar-refractivity contribution in [2.75, 3.05) is 5.32 Å².